The van der Waals surface area contributed by atoms with E-state index in [0.29, 0.717) is 17.3 Å². The molecular weight excluding hydrogens is 328 g/mol. The number of rotatable bonds is 4. The fraction of sp³-hybridized carbons (Fsp3) is 0.350. The van der Waals surface area contributed by atoms with E-state index >= 15 is 0 Å². The molecule has 0 aliphatic carbocycles. The molecule has 1 aromatic carbocycles. The van der Waals surface area contributed by atoms with Crippen LogP contribution in [0.4, 0.5) is 0 Å². The lowest BCUT2D eigenvalue weighted by atomic mass is 9.91. The molecule has 0 aliphatic rings. The fourth-order valence-electron chi connectivity index (χ4n) is 2.71. The molecule has 1 N–H and O–H groups in total. The minimum Gasteiger partial charge on any atom is -0.334 e. The Labute approximate surface area is 152 Å². The highest BCUT2D eigenvalue weighted by Gasteiger charge is 2.18. The van der Waals surface area contributed by atoms with Crippen molar-refractivity contribution in [2.45, 2.75) is 32.7 Å². The second kappa shape index (κ2) is 6.88. The normalized spacial score (nSPS) is 11.9. The summed E-state index contributed by atoms with van der Waals surface area (Å²) in [5.74, 6) is 0.694. The molecule has 2 aromatic heterocycles. The molecule has 0 bridgehead atoms. The van der Waals surface area contributed by atoms with Crippen molar-refractivity contribution >= 4 is 0 Å². The Kier molecular flexibility index (Phi) is 4.78. The predicted molar refractivity (Wildman–Crippen MR) is 102 cm³/mol. The van der Waals surface area contributed by atoms with Crippen LogP contribution in [-0.4, -0.2) is 34.1 Å². The van der Waals surface area contributed by atoms with Crippen LogP contribution in [0.15, 0.2) is 45.7 Å². The lowest BCUT2D eigenvalue weighted by molar-refractivity contribution is 0.402. The molecule has 0 atom stereocenters. The van der Waals surface area contributed by atoms with Crippen molar-refractivity contribution in [2.24, 2.45) is 0 Å². The van der Waals surface area contributed by atoms with Crippen LogP contribution in [0.1, 0.15) is 32.0 Å². The second-order valence-electron chi connectivity index (χ2n) is 7.73. The largest absolute Gasteiger partial charge is 0.334 e. The molecule has 0 saturated carbocycles. The first kappa shape index (κ1) is 18.1. The summed E-state index contributed by atoms with van der Waals surface area (Å²) in [5.41, 5.74) is 2.91. The maximum Gasteiger partial charge on any atom is 0.259 e. The van der Waals surface area contributed by atoms with Gasteiger partial charge >= 0.3 is 0 Å². The van der Waals surface area contributed by atoms with E-state index in [1.165, 1.54) is 0 Å². The summed E-state index contributed by atoms with van der Waals surface area (Å²) in [4.78, 5) is 21.8. The number of hydrogen-bond acceptors (Lipinski definition) is 5. The topological polar surface area (TPSA) is 75.0 Å². The van der Waals surface area contributed by atoms with Crippen molar-refractivity contribution in [2.75, 3.05) is 14.1 Å². The van der Waals surface area contributed by atoms with Gasteiger partial charge in [-0.2, -0.15) is 4.98 Å². The summed E-state index contributed by atoms with van der Waals surface area (Å²) in [7, 11) is 4.04. The molecule has 0 radical (unpaired) electrons. The predicted octanol–water partition coefficient (Wildman–Crippen LogP) is 3.45. The van der Waals surface area contributed by atoms with E-state index < -0.39 is 0 Å². The van der Waals surface area contributed by atoms with Gasteiger partial charge in [0.15, 0.2) is 0 Å². The van der Waals surface area contributed by atoms with Gasteiger partial charge < -0.3 is 14.4 Å². The number of benzene rings is 1. The van der Waals surface area contributed by atoms with Gasteiger partial charge in [-0.05, 0) is 43.9 Å². The van der Waals surface area contributed by atoms with Crippen LogP contribution in [-0.2, 0) is 12.0 Å². The van der Waals surface area contributed by atoms with Crippen LogP contribution >= 0.6 is 0 Å². The van der Waals surface area contributed by atoms with E-state index in [2.05, 4.69) is 26.1 Å². The third-order valence-corrected chi connectivity index (χ3v) is 4.06. The highest BCUT2D eigenvalue weighted by atomic mass is 16.5. The van der Waals surface area contributed by atoms with Gasteiger partial charge in [-0.25, -0.2) is 0 Å². The molecule has 0 fully saturated rings. The molecule has 6 heteroatoms. The lowest BCUT2D eigenvalue weighted by Gasteiger charge is -2.18. The minimum absolute atomic E-state index is 0.132. The molecule has 2 heterocycles. The maximum absolute atomic E-state index is 12.4. The van der Waals surface area contributed by atoms with Crippen molar-refractivity contribution < 1.29 is 4.52 Å². The molecule has 136 valence electrons. The average Bonchev–Trinajstić information content (AvgIpc) is 3.03. The number of nitrogens with zero attached hydrogens (tertiary/aromatic N) is 3. The number of hydrogen-bond donors (Lipinski definition) is 1. The van der Waals surface area contributed by atoms with E-state index in [1.807, 2.05) is 59.1 Å². The van der Waals surface area contributed by atoms with Crippen molar-refractivity contribution in [3.05, 3.63) is 58.0 Å². The maximum atomic E-state index is 12.4. The van der Waals surface area contributed by atoms with Crippen LogP contribution in [0.2, 0.25) is 0 Å². The first-order chi connectivity index (χ1) is 12.2. The van der Waals surface area contributed by atoms with Gasteiger partial charge in [-0.1, -0.05) is 38.1 Å². The van der Waals surface area contributed by atoms with Crippen molar-refractivity contribution in [3.63, 3.8) is 0 Å². The number of pyridine rings is 1. The Hall–Kier alpha value is -2.73. The SMILES string of the molecule is CN(C)Cc1cccc(-c2nc(-c3ccc(C(C)(C)C)[nH]c3=O)no2)c1. The summed E-state index contributed by atoms with van der Waals surface area (Å²) in [6.45, 7) is 6.96. The van der Waals surface area contributed by atoms with E-state index in [0.717, 1.165) is 23.4 Å². The molecule has 3 rings (SSSR count). The van der Waals surface area contributed by atoms with E-state index in [-0.39, 0.29) is 11.0 Å². The Morgan fingerprint density at radius 2 is 1.92 bits per heavy atom. The molecule has 0 spiro atoms. The second-order valence-corrected chi connectivity index (χ2v) is 7.73. The van der Waals surface area contributed by atoms with Crippen LogP contribution in [0.5, 0.6) is 0 Å². The van der Waals surface area contributed by atoms with Crippen LogP contribution in [0, 0.1) is 0 Å². The monoisotopic (exact) mass is 352 g/mol. The van der Waals surface area contributed by atoms with Crippen LogP contribution < -0.4 is 5.56 Å². The average molecular weight is 352 g/mol. The highest BCUT2D eigenvalue weighted by molar-refractivity contribution is 5.59. The van der Waals surface area contributed by atoms with Gasteiger partial charge in [0.25, 0.3) is 11.4 Å². The first-order valence-electron chi connectivity index (χ1n) is 8.56. The number of aromatic nitrogens is 3. The summed E-state index contributed by atoms with van der Waals surface area (Å²) in [5, 5.41) is 3.99. The smallest absolute Gasteiger partial charge is 0.259 e. The van der Waals surface area contributed by atoms with Gasteiger partial charge in [0.1, 0.15) is 0 Å². The molecule has 6 nitrogen and oxygen atoms in total. The van der Waals surface area contributed by atoms with Gasteiger partial charge in [0.05, 0.1) is 5.56 Å². The van der Waals surface area contributed by atoms with Crippen LogP contribution in [0.25, 0.3) is 22.8 Å². The summed E-state index contributed by atoms with van der Waals surface area (Å²) >= 11 is 0. The van der Waals surface area contributed by atoms with E-state index in [4.69, 9.17) is 4.52 Å². The zero-order valence-electron chi connectivity index (χ0n) is 15.8. The Morgan fingerprint density at radius 3 is 2.58 bits per heavy atom. The highest BCUT2D eigenvalue weighted by Crippen LogP contribution is 2.23. The van der Waals surface area contributed by atoms with Gasteiger partial charge in [-0.3, -0.25) is 4.79 Å². The quantitative estimate of drug-likeness (QED) is 0.778. The molecular formula is C20H24N4O2. The van der Waals surface area contributed by atoms with Gasteiger partial charge in [0.2, 0.25) is 5.82 Å². The van der Waals surface area contributed by atoms with Crippen molar-refractivity contribution in [3.8, 4) is 22.8 Å². The lowest BCUT2D eigenvalue weighted by Crippen LogP contribution is -2.20. The number of H-pyrrole nitrogens is 1. The Morgan fingerprint density at radius 1 is 1.15 bits per heavy atom. The van der Waals surface area contributed by atoms with Crippen molar-refractivity contribution in [1.29, 1.82) is 0 Å². The molecule has 0 aliphatic heterocycles. The third kappa shape index (κ3) is 3.91. The summed E-state index contributed by atoms with van der Waals surface area (Å²) in [6, 6.07) is 11.6. The molecule has 26 heavy (non-hydrogen) atoms. The molecule has 0 amide bonds. The zero-order chi connectivity index (χ0) is 18.9. The van der Waals surface area contributed by atoms with E-state index in [1.54, 1.807) is 6.07 Å². The summed E-state index contributed by atoms with van der Waals surface area (Å²) < 4.78 is 5.39. The van der Waals surface area contributed by atoms with Gasteiger partial charge in [-0.15, -0.1) is 0 Å². The van der Waals surface area contributed by atoms with E-state index in [9.17, 15) is 4.79 Å². The Bertz CT molecular complexity index is 964. The fourth-order valence-corrected chi connectivity index (χ4v) is 2.71. The standard InChI is InChI=1S/C20H24N4O2/c1-20(2,3)16-10-9-15(18(25)21-16)17-22-19(26-23-17)14-8-6-7-13(11-14)12-24(4)5/h6-11H,12H2,1-5H3,(H,21,25). The zero-order valence-corrected chi connectivity index (χ0v) is 15.8. The Balaban J connectivity index is 1.92. The van der Waals surface area contributed by atoms with Crippen molar-refractivity contribution in [1.82, 2.24) is 20.0 Å². The molecule has 0 saturated heterocycles. The molecule has 0 unspecified atom stereocenters. The minimum atomic E-state index is -0.217. The first-order valence-corrected chi connectivity index (χ1v) is 8.56. The van der Waals surface area contributed by atoms with Gasteiger partial charge in [0, 0.05) is 23.2 Å². The van der Waals surface area contributed by atoms with Crippen LogP contribution in [0.3, 0.4) is 0 Å². The number of nitrogens with one attached hydrogen (secondary N) is 1. The molecule has 3 aromatic rings. The summed E-state index contributed by atoms with van der Waals surface area (Å²) in [6.07, 6.45) is 0. The number of aromatic amines is 1. The third-order valence-electron chi connectivity index (χ3n) is 4.06.